The Morgan fingerprint density at radius 3 is 2.18 bits per heavy atom. The maximum Gasteiger partial charge on any atom is 0.272 e. The molecule has 3 N–H and O–H groups in total. The largest absolute Gasteiger partial charge is 0.495 e. The number of amides is 3. The first-order valence-electron chi connectivity index (χ1n) is 13.7. The number of benzene rings is 4. The van der Waals surface area contributed by atoms with Crippen LogP contribution in [0.5, 0.6) is 5.75 Å². The van der Waals surface area contributed by atoms with Crippen molar-refractivity contribution in [2.24, 2.45) is 0 Å². The second kappa shape index (κ2) is 14.6. The lowest BCUT2D eigenvalue weighted by Crippen LogP contribution is -2.30. The van der Waals surface area contributed by atoms with Crippen LogP contribution in [0.2, 0.25) is 0 Å². The summed E-state index contributed by atoms with van der Waals surface area (Å²) in [4.78, 5) is 39.6. The molecule has 0 atom stereocenters. The van der Waals surface area contributed by atoms with Crippen LogP contribution in [-0.4, -0.2) is 30.6 Å². The highest BCUT2D eigenvalue weighted by Gasteiger charge is 2.17. The number of anilines is 2. The van der Waals surface area contributed by atoms with Gasteiger partial charge in [-0.15, -0.1) is 11.8 Å². The quantitative estimate of drug-likeness (QED) is 0.110. The molecule has 44 heavy (non-hydrogen) atoms. The van der Waals surface area contributed by atoms with E-state index in [1.807, 2.05) is 54.6 Å². The lowest BCUT2D eigenvalue weighted by atomic mass is 10.2. The highest BCUT2D eigenvalue weighted by molar-refractivity contribution is 8.00. The Morgan fingerprint density at radius 1 is 0.773 bits per heavy atom. The van der Waals surface area contributed by atoms with E-state index < -0.39 is 11.8 Å². The summed E-state index contributed by atoms with van der Waals surface area (Å²) < 4.78 is 11.2. The van der Waals surface area contributed by atoms with Crippen LogP contribution in [-0.2, 0) is 9.59 Å². The van der Waals surface area contributed by atoms with Gasteiger partial charge in [-0.25, -0.2) is 0 Å². The minimum absolute atomic E-state index is 0.0132. The van der Waals surface area contributed by atoms with Gasteiger partial charge in [-0.05, 0) is 60.7 Å². The number of para-hydroxylation sites is 2. The van der Waals surface area contributed by atoms with Gasteiger partial charge in [0.2, 0.25) is 5.91 Å². The number of hydrogen-bond acceptors (Lipinski definition) is 6. The van der Waals surface area contributed by atoms with E-state index in [9.17, 15) is 14.4 Å². The zero-order valence-electron chi connectivity index (χ0n) is 23.8. The molecule has 5 rings (SSSR count). The number of carbonyl (C=O) groups excluding carboxylic acids is 3. The van der Waals surface area contributed by atoms with E-state index in [0.29, 0.717) is 34.2 Å². The number of hydrogen-bond donors (Lipinski definition) is 3. The number of thioether (sulfide) groups is 1. The minimum Gasteiger partial charge on any atom is -0.495 e. The van der Waals surface area contributed by atoms with Crippen LogP contribution in [0, 0.1) is 0 Å². The van der Waals surface area contributed by atoms with Crippen molar-refractivity contribution in [2.45, 2.75) is 4.90 Å². The molecule has 4 aromatic carbocycles. The van der Waals surface area contributed by atoms with E-state index in [2.05, 4.69) is 16.0 Å². The van der Waals surface area contributed by atoms with E-state index in [1.54, 1.807) is 73.8 Å². The molecule has 0 aliphatic carbocycles. The molecule has 0 aliphatic heterocycles. The van der Waals surface area contributed by atoms with Crippen molar-refractivity contribution in [1.82, 2.24) is 5.32 Å². The summed E-state index contributed by atoms with van der Waals surface area (Å²) >= 11 is 1.36. The highest BCUT2D eigenvalue weighted by Crippen LogP contribution is 2.26. The second-order valence-electron chi connectivity index (χ2n) is 9.46. The molecule has 8 nitrogen and oxygen atoms in total. The van der Waals surface area contributed by atoms with E-state index in [0.717, 1.165) is 10.5 Å². The predicted molar refractivity (Wildman–Crippen MR) is 173 cm³/mol. The Balaban J connectivity index is 1.26. The summed E-state index contributed by atoms with van der Waals surface area (Å²) in [7, 11) is 1.55. The minimum atomic E-state index is -0.525. The van der Waals surface area contributed by atoms with Crippen molar-refractivity contribution in [3.05, 3.63) is 138 Å². The molecular weight excluding hydrogens is 574 g/mol. The van der Waals surface area contributed by atoms with Gasteiger partial charge >= 0.3 is 0 Å². The number of furan rings is 1. The molecule has 0 saturated heterocycles. The number of nitrogens with one attached hydrogen (secondary N) is 3. The fourth-order valence-corrected chi connectivity index (χ4v) is 4.89. The summed E-state index contributed by atoms with van der Waals surface area (Å²) in [5.74, 6) is 0.688. The summed E-state index contributed by atoms with van der Waals surface area (Å²) in [5, 5.41) is 8.39. The second-order valence-corrected chi connectivity index (χ2v) is 10.5. The zero-order chi connectivity index (χ0) is 30.7. The molecule has 0 saturated carbocycles. The Hall–Kier alpha value is -5.54. The fourth-order valence-electron chi connectivity index (χ4n) is 4.19. The number of ether oxygens (including phenoxy) is 1. The molecule has 0 spiro atoms. The van der Waals surface area contributed by atoms with Gasteiger partial charge < -0.3 is 25.1 Å². The number of rotatable bonds is 11. The molecule has 0 aliphatic rings. The molecule has 9 heteroatoms. The van der Waals surface area contributed by atoms with Gasteiger partial charge in [-0.2, -0.15) is 0 Å². The van der Waals surface area contributed by atoms with Gasteiger partial charge in [0.15, 0.2) is 0 Å². The van der Waals surface area contributed by atoms with Crippen molar-refractivity contribution in [3.8, 4) is 17.1 Å². The Morgan fingerprint density at radius 2 is 1.45 bits per heavy atom. The van der Waals surface area contributed by atoms with Gasteiger partial charge in [0.25, 0.3) is 11.8 Å². The first-order chi connectivity index (χ1) is 21.5. The van der Waals surface area contributed by atoms with Gasteiger partial charge in [0, 0.05) is 27.8 Å². The average molecular weight is 604 g/mol. The van der Waals surface area contributed by atoms with Gasteiger partial charge in [0.1, 0.15) is 23.0 Å². The average Bonchev–Trinajstić information content (AvgIpc) is 3.54. The lowest BCUT2D eigenvalue weighted by Gasteiger charge is -2.12. The van der Waals surface area contributed by atoms with Gasteiger partial charge in [-0.3, -0.25) is 14.4 Å². The molecule has 1 aromatic heterocycles. The highest BCUT2D eigenvalue weighted by atomic mass is 32.2. The van der Waals surface area contributed by atoms with Crippen LogP contribution in [0.4, 0.5) is 11.4 Å². The SMILES string of the molecule is COc1ccccc1NC(=O)CSc1ccc(NC(=O)/C(=C/c2ccc(-c3ccccc3)o2)NC(=O)c2ccccc2)cc1. The van der Waals surface area contributed by atoms with E-state index in [-0.39, 0.29) is 17.4 Å². The van der Waals surface area contributed by atoms with Crippen molar-refractivity contribution in [1.29, 1.82) is 0 Å². The standard InChI is InChI=1S/C35H29N3O5S/c1-42-32-15-9-8-14-29(32)37-33(39)23-44-28-19-16-26(17-20-28)36-35(41)30(38-34(40)25-12-6-3-7-13-25)22-27-18-21-31(43-27)24-10-4-2-5-11-24/h2-22H,23H2,1H3,(H,36,41)(H,37,39)(H,38,40)/b30-22-. The Kier molecular flexibility index (Phi) is 9.91. The maximum atomic E-state index is 13.4. The first kappa shape index (κ1) is 29.9. The maximum absolute atomic E-state index is 13.4. The predicted octanol–water partition coefficient (Wildman–Crippen LogP) is 7.10. The summed E-state index contributed by atoms with van der Waals surface area (Å²) in [6, 6.07) is 36.0. The van der Waals surface area contributed by atoms with Crippen LogP contribution in [0.25, 0.3) is 17.4 Å². The Bertz CT molecular complexity index is 1770. The number of carbonyl (C=O) groups is 3. The molecule has 1 heterocycles. The third kappa shape index (κ3) is 8.05. The van der Waals surface area contributed by atoms with Gasteiger partial charge in [0.05, 0.1) is 18.6 Å². The molecule has 3 amide bonds. The van der Waals surface area contributed by atoms with Crippen molar-refractivity contribution in [3.63, 3.8) is 0 Å². The molecule has 0 radical (unpaired) electrons. The molecule has 0 fully saturated rings. The monoisotopic (exact) mass is 603 g/mol. The number of methoxy groups -OCH3 is 1. The summed E-state index contributed by atoms with van der Waals surface area (Å²) in [5.41, 5.74) is 2.43. The fraction of sp³-hybridized carbons (Fsp3) is 0.0571. The third-order valence-corrected chi connectivity index (χ3v) is 7.38. The van der Waals surface area contributed by atoms with Crippen molar-refractivity contribution in [2.75, 3.05) is 23.5 Å². The van der Waals surface area contributed by atoms with Crippen LogP contribution in [0.3, 0.4) is 0 Å². The first-order valence-corrected chi connectivity index (χ1v) is 14.7. The van der Waals surface area contributed by atoms with E-state index in [4.69, 9.17) is 9.15 Å². The van der Waals surface area contributed by atoms with Crippen LogP contribution >= 0.6 is 11.8 Å². The van der Waals surface area contributed by atoms with Crippen molar-refractivity contribution >= 4 is 46.9 Å². The zero-order valence-corrected chi connectivity index (χ0v) is 24.6. The van der Waals surface area contributed by atoms with Crippen LogP contribution in [0.1, 0.15) is 16.1 Å². The summed E-state index contributed by atoms with van der Waals surface area (Å²) in [6.07, 6.45) is 1.49. The Labute approximate surface area is 259 Å². The van der Waals surface area contributed by atoms with Crippen LogP contribution < -0.4 is 20.7 Å². The molecule has 0 unspecified atom stereocenters. The molecular formula is C35H29N3O5S. The molecule has 5 aromatic rings. The third-order valence-electron chi connectivity index (χ3n) is 6.36. The van der Waals surface area contributed by atoms with Crippen LogP contribution in [0.15, 0.2) is 136 Å². The van der Waals surface area contributed by atoms with E-state index in [1.165, 1.54) is 17.8 Å². The van der Waals surface area contributed by atoms with Gasteiger partial charge in [-0.1, -0.05) is 60.7 Å². The summed E-state index contributed by atoms with van der Waals surface area (Å²) in [6.45, 7) is 0. The topological polar surface area (TPSA) is 110 Å². The lowest BCUT2D eigenvalue weighted by molar-refractivity contribution is -0.114. The van der Waals surface area contributed by atoms with E-state index >= 15 is 0 Å². The molecule has 220 valence electrons. The smallest absolute Gasteiger partial charge is 0.272 e. The molecule has 0 bridgehead atoms. The van der Waals surface area contributed by atoms with Crippen molar-refractivity contribution < 1.29 is 23.5 Å². The normalized spacial score (nSPS) is 11.0.